The summed E-state index contributed by atoms with van der Waals surface area (Å²) in [6.07, 6.45) is 2.25. The minimum absolute atomic E-state index is 0.0986. The van der Waals surface area contributed by atoms with Crippen molar-refractivity contribution in [2.24, 2.45) is 0 Å². The lowest BCUT2D eigenvalue weighted by atomic mass is 10.3. The van der Waals surface area contributed by atoms with E-state index in [4.69, 9.17) is 14.7 Å². The number of aromatic nitrogens is 4. The van der Waals surface area contributed by atoms with Crippen LogP contribution >= 0.6 is 11.8 Å². The molecule has 1 aliphatic rings. The number of anilines is 4. The zero-order chi connectivity index (χ0) is 21.8. The van der Waals surface area contributed by atoms with Crippen LogP contribution in [0.2, 0.25) is 0 Å². The second-order valence-electron chi connectivity index (χ2n) is 7.27. The van der Waals surface area contributed by atoms with E-state index in [0.717, 1.165) is 48.0 Å². The van der Waals surface area contributed by atoms with Gasteiger partial charge in [-0.3, -0.25) is 9.89 Å². The Morgan fingerprint density at radius 2 is 1.94 bits per heavy atom. The number of hydrogen-bond acceptors (Lipinski definition) is 8. The molecule has 1 aliphatic heterocycles. The number of aromatic amines is 1. The monoisotopic (exact) mass is 439 g/mol. The molecular formula is C21H25N7O2S. The van der Waals surface area contributed by atoms with Gasteiger partial charge in [0, 0.05) is 42.4 Å². The summed E-state index contributed by atoms with van der Waals surface area (Å²) < 4.78 is 5.71. The van der Waals surface area contributed by atoms with Gasteiger partial charge in [0.15, 0.2) is 22.6 Å². The number of benzene rings is 1. The Hall–Kier alpha value is -3.27. The van der Waals surface area contributed by atoms with Crippen LogP contribution in [0.25, 0.3) is 0 Å². The van der Waals surface area contributed by atoms with Crippen molar-refractivity contribution >= 4 is 40.8 Å². The van der Waals surface area contributed by atoms with E-state index in [1.54, 1.807) is 7.11 Å². The van der Waals surface area contributed by atoms with Gasteiger partial charge in [-0.2, -0.15) is 5.10 Å². The van der Waals surface area contributed by atoms with E-state index in [2.05, 4.69) is 25.7 Å². The maximum atomic E-state index is 11.2. The van der Waals surface area contributed by atoms with Crippen LogP contribution in [0.3, 0.4) is 0 Å². The number of rotatable bonds is 7. The number of nitrogens with one attached hydrogen (secondary N) is 3. The van der Waals surface area contributed by atoms with E-state index in [9.17, 15) is 4.79 Å². The Balaban J connectivity index is 1.66. The third kappa shape index (κ3) is 5.08. The molecular weight excluding hydrogens is 414 g/mol. The van der Waals surface area contributed by atoms with Crippen LogP contribution in [-0.2, 0) is 4.79 Å². The Morgan fingerprint density at radius 3 is 2.55 bits per heavy atom. The summed E-state index contributed by atoms with van der Waals surface area (Å²) in [5, 5.41) is 13.8. The van der Waals surface area contributed by atoms with Crippen LogP contribution in [0.5, 0.6) is 5.75 Å². The van der Waals surface area contributed by atoms with E-state index in [1.165, 1.54) is 18.7 Å². The molecule has 162 valence electrons. The molecule has 0 spiro atoms. The van der Waals surface area contributed by atoms with Crippen LogP contribution in [-0.4, -0.2) is 46.3 Å². The SMILES string of the molecule is COc1c(Nc2cc(C)[nH]n2)nc(Sc2ccc(NC(C)=O)cc2)nc1N1CCCC1. The van der Waals surface area contributed by atoms with Gasteiger partial charge in [-0.25, -0.2) is 9.97 Å². The molecule has 0 saturated carbocycles. The molecule has 1 aromatic carbocycles. The van der Waals surface area contributed by atoms with Gasteiger partial charge < -0.3 is 20.3 Å². The number of nitrogens with zero attached hydrogens (tertiary/aromatic N) is 4. The van der Waals surface area contributed by atoms with Crippen LogP contribution in [0, 0.1) is 6.92 Å². The number of carbonyl (C=O) groups excluding carboxylic acids is 1. The Bertz CT molecular complexity index is 1060. The highest BCUT2D eigenvalue weighted by Gasteiger charge is 2.24. The molecule has 31 heavy (non-hydrogen) atoms. The topological polar surface area (TPSA) is 108 Å². The molecule has 1 saturated heterocycles. The Labute approximate surface area is 185 Å². The molecule has 3 aromatic rings. The van der Waals surface area contributed by atoms with Gasteiger partial charge in [0.2, 0.25) is 11.7 Å². The molecule has 3 N–H and O–H groups in total. The predicted octanol–water partition coefficient (Wildman–Crippen LogP) is 3.97. The van der Waals surface area contributed by atoms with E-state index in [0.29, 0.717) is 22.5 Å². The van der Waals surface area contributed by atoms with Crippen molar-refractivity contribution in [2.75, 3.05) is 35.7 Å². The van der Waals surface area contributed by atoms with Crippen molar-refractivity contribution in [3.05, 3.63) is 36.0 Å². The fourth-order valence-electron chi connectivity index (χ4n) is 3.40. The van der Waals surface area contributed by atoms with Gasteiger partial charge in [-0.1, -0.05) is 0 Å². The van der Waals surface area contributed by atoms with Gasteiger partial charge >= 0.3 is 0 Å². The zero-order valence-corrected chi connectivity index (χ0v) is 18.5. The van der Waals surface area contributed by atoms with Crippen molar-refractivity contribution in [3.8, 4) is 5.75 Å². The first-order chi connectivity index (χ1) is 15.0. The quantitative estimate of drug-likeness (QED) is 0.475. The van der Waals surface area contributed by atoms with Crippen molar-refractivity contribution in [1.29, 1.82) is 0 Å². The van der Waals surface area contributed by atoms with Crippen molar-refractivity contribution in [1.82, 2.24) is 20.2 Å². The summed E-state index contributed by atoms with van der Waals surface area (Å²) in [7, 11) is 1.63. The summed E-state index contributed by atoms with van der Waals surface area (Å²) in [5.74, 6) is 2.52. The molecule has 0 atom stereocenters. The first-order valence-corrected chi connectivity index (χ1v) is 10.9. The van der Waals surface area contributed by atoms with Crippen LogP contribution in [0.4, 0.5) is 23.1 Å². The summed E-state index contributed by atoms with van der Waals surface area (Å²) in [6.45, 7) is 5.30. The van der Waals surface area contributed by atoms with Crippen molar-refractivity contribution < 1.29 is 9.53 Å². The van der Waals surface area contributed by atoms with Gasteiger partial charge in [0.05, 0.1) is 7.11 Å². The third-order valence-corrected chi connectivity index (χ3v) is 5.65. The molecule has 0 aliphatic carbocycles. The number of aryl methyl sites for hydroxylation is 1. The number of carbonyl (C=O) groups is 1. The fraction of sp³-hybridized carbons (Fsp3) is 0.333. The second-order valence-corrected chi connectivity index (χ2v) is 8.32. The molecule has 0 radical (unpaired) electrons. The zero-order valence-electron chi connectivity index (χ0n) is 17.7. The molecule has 0 bridgehead atoms. The fourth-order valence-corrected chi connectivity index (χ4v) is 4.15. The number of methoxy groups -OCH3 is 1. The molecule has 3 heterocycles. The number of amides is 1. The highest BCUT2D eigenvalue weighted by atomic mass is 32.2. The lowest BCUT2D eigenvalue weighted by Crippen LogP contribution is -2.21. The van der Waals surface area contributed by atoms with Crippen molar-refractivity contribution in [2.45, 2.75) is 36.7 Å². The minimum Gasteiger partial charge on any atom is -0.490 e. The number of hydrogen-bond donors (Lipinski definition) is 3. The van der Waals surface area contributed by atoms with Gasteiger partial charge in [-0.15, -0.1) is 0 Å². The van der Waals surface area contributed by atoms with Gasteiger partial charge in [0.25, 0.3) is 0 Å². The molecule has 9 nitrogen and oxygen atoms in total. The molecule has 4 rings (SSSR count). The maximum absolute atomic E-state index is 11.2. The molecule has 1 fully saturated rings. The van der Waals surface area contributed by atoms with Crippen molar-refractivity contribution in [3.63, 3.8) is 0 Å². The van der Waals surface area contributed by atoms with E-state index in [-0.39, 0.29) is 5.91 Å². The highest BCUT2D eigenvalue weighted by molar-refractivity contribution is 7.99. The molecule has 0 unspecified atom stereocenters. The van der Waals surface area contributed by atoms with Gasteiger partial charge in [-0.05, 0) is 55.8 Å². The standard InChI is InChI=1S/C21H25N7O2S/c1-13-12-17(27-26-13)23-19-18(30-3)20(28-10-4-5-11-28)25-21(24-19)31-16-8-6-15(7-9-16)22-14(2)29/h6-9,12H,4-5,10-11H2,1-3H3,(H,22,29)(H2,23,24,25,26,27). The average Bonchev–Trinajstić information content (AvgIpc) is 3.41. The van der Waals surface area contributed by atoms with E-state index >= 15 is 0 Å². The van der Waals surface area contributed by atoms with E-state index in [1.807, 2.05) is 37.3 Å². The van der Waals surface area contributed by atoms with Crippen LogP contribution < -0.4 is 20.3 Å². The molecule has 1 amide bonds. The number of H-pyrrole nitrogens is 1. The largest absolute Gasteiger partial charge is 0.490 e. The first-order valence-electron chi connectivity index (χ1n) is 10.1. The molecule has 10 heteroatoms. The maximum Gasteiger partial charge on any atom is 0.221 e. The van der Waals surface area contributed by atoms with Crippen LogP contribution in [0.15, 0.2) is 40.4 Å². The predicted molar refractivity (Wildman–Crippen MR) is 122 cm³/mol. The summed E-state index contributed by atoms with van der Waals surface area (Å²) in [4.78, 5) is 24.0. The normalized spacial score (nSPS) is 13.3. The number of ether oxygens (including phenoxy) is 1. The summed E-state index contributed by atoms with van der Waals surface area (Å²) >= 11 is 1.45. The third-order valence-electron chi connectivity index (χ3n) is 4.77. The highest BCUT2D eigenvalue weighted by Crippen LogP contribution is 2.39. The lowest BCUT2D eigenvalue weighted by molar-refractivity contribution is -0.114. The lowest BCUT2D eigenvalue weighted by Gasteiger charge is -2.21. The molecule has 2 aromatic heterocycles. The summed E-state index contributed by atoms with van der Waals surface area (Å²) in [6, 6.07) is 9.50. The first kappa shape index (κ1) is 21.0. The Morgan fingerprint density at radius 1 is 1.19 bits per heavy atom. The second kappa shape index (κ2) is 9.25. The van der Waals surface area contributed by atoms with Crippen LogP contribution in [0.1, 0.15) is 25.5 Å². The van der Waals surface area contributed by atoms with E-state index < -0.39 is 0 Å². The average molecular weight is 440 g/mol. The summed E-state index contributed by atoms with van der Waals surface area (Å²) in [5.41, 5.74) is 1.70. The Kier molecular flexibility index (Phi) is 6.26. The minimum atomic E-state index is -0.0986. The van der Waals surface area contributed by atoms with Gasteiger partial charge in [0.1, 0.15) is 0 Å². The smallest absolute Gasteiger partial charge is 0.221 e.